The number of likely N-dealkylation sites (tertiary alicyclic amines) is 1. The van der Waals surface area contributed by atoms with Crippen molar-refractivity contribution in [2.24, 2.45) is 0 Å². The van der Waals surface area contributed by atoms with Gasteiger partial charge in [0, 0.05) is 19.2 Å². The van der Waals surface area contributed by atoms with Crippen molar-refractivity contribution in [2.45, 2.75) is 18.0 Å². The molecule has 0 N–H and O–H groups in total. The van der Waals surface area contributed by atoms with Gasteiger partial charge >= 0.3 is 0 Å². The molecule has 0 radical (unpaired) electrons. The monoisotopic (exact) mass is 347 g/mol. The summed E-state index contributed by atoms with van der Waals surface area (Å²) in [6.07, 6.45) is 2.18. The number of carbonyl (C=O) groups excluding carboxylic acids is 1. The number of ether oxygens (including phenoxy) is 2. The van der Waals surface area contributed by atoms with Gasteiger partial charge in [-0.2, -0.15) is 4.68 Å². The molecule has 9 heteroatoms. The number of nitrogens with zero attached hydrogens (tertiary/aromatic N) is 5. The molecule has 126 valence electrons. The highest BCUT2D eigenvalue weighted by molar-refractivity contribution is 7.99. The van der Waals surface area contributed by atoms with Gasteiger partial charge < -0.3 is 14.4 Å². The Kier molecular flexibility index (Phi) is 4.24. The van der Waals surface area contributed by atoms with E-state index >= 15 is 0 Å². The third-order valence-electron chi connectivity index (χ3n) is 3.99. The molecule has 1 aromatic heterocycles. The maximum Gasteiger partial charge on any atom is 0.233 e. The minimum atomic E-state index is 0.134. The quantitative estimate of drug-likeness (QED) is 0.767. The van der Waals surface area contributed by atoms with Gasteiger partial charge in [0.1, 0.15) is 13.2 Å². The average molecular weight is 347 g/mol. The van der Waals surface area contributed by atoms with Crippen LogP contribution in [0, 0.1) is 0 Å². The fourth-order valence-corrected chi connectivity index (χ4v) is 3.57. The van der Waals surface area contributed by atoms with E-state index in [2.05, 4.69) is 15.5 Å². The van der Waals surface area contributed by atoms with Gasteiger partial charge in [0.25, 0.3) is 0 Å². The van der Waals surface area contributed by atoms with Crippen molar-refractivity contribution in [2.75, 3.05) is 32.1 Å². The first-order chi connectivity index (χ1) is 11.8. The number of aromatic nitrogens is 4. The molecule has 0 atom stereocenters. The molecule has 2 aliphatic heterocycles. The van der Waals surface area contributed by atoms with E-state index in [1.807, 2.05) is 23.1 Å². The number of carbonyl (C=O) groups is 1. The zero-order valence-electron chi connectivity index (χ0n) is 13.1. The SMILES string of the molecule is O=C(CSc1nnnn1-c1ccc2c(c1)OCCO2)N1CCCC1. The van der Waals surface area contributed by atoms with Gasteiger partial charge in [-0.05, 0) is 35.4 Å². The van der Waals surface area contributed by atoms with E-state index in [9.17, 15) is 4.79 Å². The summed E-state index contributed by atoms with van der Waals surface area (Å²) in [4.78, 5) is 14.1. The lowest BCUT2D eigenvalue weighted by atomic mass is 10.2. The third kappa shape index (κ3) is 3.03. The molecular formula is C15H17N5O3S. The Labute approximate surface area is 143 Å². The van der Waals surface area contributed by atoms with Crippen molar-refractivity contribution in [3.63, 3.8) is 0 Å². The lowest BCUT2D eigenvalue weighted by Gasteiger charge is -2.18. The molecule has 1 fully saturated rings. The highest BCUT2D eigenvalue weighted by atomic mass is 32.2. The third-order valence-corrected chi connectivity index (χ3v) is 4.90. The second kappa shape index (κ2) is 6.68. The fraction of sp³-hybridized carbons (Fsp3) is 0.467. The van der Waals surface area contributed by atoms with E-state index in [0.29, 0.717) is 29.9 Å². The normalized spacial score (nSPS) is 16.4. The van der Waals surface area contributed by atoms with Crippen LogP contribution in [0.2, 0.25) is 0 Å². The van der Waals surface area contributed by atoms with E-state index in [1.165, 1.54) is 11.8 Å². The molecule has 3 heterocycles. The molecule has 1 aromatic carbocycles. The number of tetrazole rings is 1. The van der Waals surface area contributed by atoms with E-state index in [1.54, 1.807) is 4.68 Å². The van der Waals surface area contributed by atoms with Gasteiger partial charge in [-0.3, -0.25) is 4.79 Å². The van der Waals surface area contributed by atoms with Crippen LogP contribution in [0.25, 0.3) is 5.69 Å². The van der Waals surface area contributed by atoms with Crippen LogP contribution in [0.3, 0.4) is 0 Å². The molecule has 4 rings (SSSR count). The van der Waals surface area contributed by atoms with Crippen LogP contribution in [-0.4, -0.2) is 63.1 Å². The van der Waals surface area contributed by atoms with Crippen LogP contribution < -0.4 is 9.47 Å². The van der Waals surface area contributed by atoms with Gasteiger partial charge in [0.05, 0.1) is 11.4 Å². The van der Waals surface area contributed by atoms with Crippen LogP contribution in [0.4, 0.5) is 0 Å². The molecule has 1 saturated heterocycles. The predicted octanol–water partition coefficient (Wildman–Crippen LogP) is 1.15. The number of hydrogen-bond acceptors (Lipinski definition) is 7. The molecular weight excluding hydrogens is 330 g/mol. The van der Waals surface area contributed by atoms with Crippen LogP contribution in [0.15, 0.2) is 23.4 Å². The van der Waals surface area contributed by atoms with E-state index in [-0.39, 0.29) is 5.91 Å². The second-order valence-electron chi connectivity index (χ2n) is 5.58. The summed E-state index contributed by atoms with van der Waals surface area (Å²) < 4.78 is 12.7. The standard InChI is InChI=1S/C15H17N5O3S/c21-14(19-5-1-2-6-19)10-24-15-16-17-18-20(15)11-3-4-12-13(9-11)23-8-7-22-12/h3-4,9H,1-2,5-8,10H2. The fourth-order valence-electron chi connectivity index (χ4n) is 2.78. The lowest BCUT2D eigenvalue weighted by molar-refractivity contribution is -0.127. The average Bonchev–Trinajstić information content (AvgIpc) is 3.31. The molecule has 0 aliphatic carbocycles. The Morgan fingerprint density at radius 1 is 1.17 bits per heavy atom. The predicted molar refractivity (Wildman–Crippen MR) is 86.7 cm³/mol. The van der Waals surface area contributed by atoms with Crippen molar-refractivity contribution in [1.29, 1.82) is 0 Å². The summed E-state index contributed by atoms with van der Waals surface area (Å²) >= 11 is 1.34. The molecule has 0 bridgehead atoms. The number of hydrogen-bond donors (Lipinski definition) is 0. The van der Waals surface area contributed by atoms with Crippen molar-refractivity contribution < 1.29 is 14.3 Å². The van der Waals surface area contributed by atoms with Crippen LogP contribution in [-0.2, 0) is 4.79 Å². The van der Waals surface area contributed by atoms with E-state index in [4.69, 9.17) is 9.47 Å². The Hall–Kier alpha value is -2.29. The summed E-state index contributed by atoms with van der Waals surface area (Å²) in [5.41, 5.74) is 0.778. The number of thioether (sulfide) groups is 1. The number of benzene rings is 1. The van der Waals surface area contributed by atoms with Crippen molar-refractivity contribution >= 4 is 17.7 Å². The topological polar surface area (TPSA) is 82.4 Å². The van der Waals surface area contributed by atoms with Crippen molar-refractivity contribution in [3.05, 3.63) is 18.2 Å². The smallest absolute Gasteiger partial charge is 0.233 e. The Morgan fingerprint density at radius 2 is 1.96 bits per heavy atom. The second-order valence-corrected chi connectivity index (χ2v) is 6.52. The molecule has 8 nitrogen and oxygen atoms in total. The molecule has 2 aromatic rings. The van der Waals surface area contributed by atoms with Gasteiger partial charge in [-0.15, -0.1) is 5.10 Å². The minimum Gasteiger partial charge on any atom is -0.486 e. The number of rotatable bonds is 4. The number of fused-ring (bicyclic) bond motifs is 1. The molecule has 2 aliphatic rings. The summed E-state index contributed by atoms with van der Waals surface area (Å²) in [7, 11) is 0. The summed E-state index contributed by atoms with van der Waals surface area (Å²) in [5, 5.41) is 12.4. The molecule has 0 unspecified atom stereocenters. The largest absolute Gasteiger partial charge is 0.486 e. The van der Waals surface area contributed by atoms with Crippen molar-refractivity contribution in [3.8, 4) is 17.2 Å². The molecule has 0 saturated carbocycles. The van der Waals surface area contributed by atoms with Gasteiger partial charge in [-0.1, -0.05) is 11.8 Å². The Morgan fingerprint density at radius 3 is 2.79 bits per heavy atom. The summed E-state index contributed by atoms with van der Waals surface area (Å²) in [5.74, 6) is 1.87. The maximum atomic E-state index is 12.2. The Bertz CT molecular complexity index is 744. The number of amides is 1. The lowest BCUT2D eigenvalue weighted by Crippen LogP contribution is -2.29. The first kappa shape index (κ1) is 15.3. The Balaban J connectivity index is 1.49. The first-order valence-corrected chi connectivity index (χ1v) is 8.89. The van der Waals surface area contributed by atoms with Crippen molar-refractivity contribution in [1.82, 2.24) is 25.1 Å². The van der Waals surface area contributed by atoms with Crippen LogP contribution >= 0.6 is 11.8 Å². The first-order valence-electron chi connectivity index (χ1n) is 7.90. The highest BCUT2D eigenvalue weighted by Crippen LogP contribution is 2.32. The zero-order valence-corrected chi connectivity index (χ0v) is 13.9. The van der Waals surface area contributed by atoms with Gasteiger partial charge in [0.15, 0.2) is 11.5 Å². The van der Waals surface area contributed by atoms with E-state index in [0.717, 1.165) is 37.4 Å². The summed E-state index contributed by atoms with van der Waals surface area (Å²) in [6, 6.07) is 5.56. The van der Waals surface area contributed by atoms with E-state index < -0.39 is 0 Å². The molecule has 24 heavy (non-hydrogen) atoms. The maximum absolute atomic E-state index is 12.2. The van der Waals surface area contributed by atoms with Gasteiger partial charge in [0.2, 0.25) is 11.1 Å². The van der Waals surface area contributed by atoms with Crippen LogP contribution in [0.1, 0.15) is 12.8 Å². The highest BCUT2D eigenvalue weighted by Gasteiger charge is 2.20. The zero-order chi connectivity index (χ0) is 16.4. The summed E-state index contributed by atoms with van der Waals surface area (Å²) in [6.45, 7) is 2.79. The van der Waals surface area contributed by atoms with Crippen LogP contribution in [0.5, 0.6) is 11.5 Å². The minimum absolute atomic E-state index is 0.134. The molecule has 1 amide bonds. The van der Waals surface area contributed by atoms with Gasteiger partial charge in [-0.25, -0.2) is 0 Å². The molecule has 0 spiro atoms.